The first-order chi connectivity index (χ1) is 8.13. The van der Waals surface area contributed by atoms with Crippen LogP contribution < -0.4 is 5.32 Å². The Morgan fingerprint density at radius 3 is 2.76 bits per heavy atom. The summed E-state index contributed by atoms with van der Waals surface area (Å²) >= 11 is 0. The van der Waals surface area contributed by atoms with Gasteiger partial charge >= 0.3 is 0 Å². The molecule has 1 rings (SSSR count). The lowest BCUT2D eigenvalue weighted by molar-refractivity contribution is 0.204. The van der Waals surface area contributed by atoms with Gasteiger partial charge in [-0.25, -0.2) is 0 Å². The molecule has 3 heteroatoms. The molecule has 0 aliphatic carbocycles. The van der Waals surface area contributed by atoms with Gasteiger partial charge in [-0.1, -0.05) is 6.42 Å². The Kier molecular flexibility index (Phi) is 7.09. The molecule has 1 fully saturated rings. The zero-order valence-electron chi connectivity index (χ0n) is 12.2. The van der Waals surface area contributed by atoms with Gasteiger partial charge in [-0.3, -0.25) is 4.90 Å². The zero-order valence-corrected chi connectivity index (χ0v) is 12.2. The van der Waals surface area contributed by atoms with E-state index in [0.29, 0.717) is 6.04 Å². The van der Waals surface area contributed by atoms with Crippen LogP contribution in [0.15, 0.2) is 0 Å². The minimum atomic E-state index is 0.672. The fourth-order valence-electron chi connectivity index (χ4n) is 2.73. The number of likely N-dealkylation sites (tertiary alicyclic amines) is 1. The van der Waals surface area contributed by atoms with Crippen molar-refractivity contribution in [2.75, 3.05) is 40.8 Å². The largest absolute Gasteiger partial charge is 0.317 e. The van der Waals surface area contributed by atoms with Crippen LogP contribution in [0.5, 0.6) is 0 Å². The van der Waals surface area contributed by atoms with E-state index in [1.165, 1.54) is 51.7 Å². The van der Waals surface area contributed by atoms with Crippen molar-refractivity contribution < 1.29 is 0 Å². The molecule has 0 amide bonds. The van der Waals surface area contributed by atoms with Crippen LogP contribution in [0.3, 0.4) is 0 Å². The van der Waals surface area contributed by atoms with Crippen molar-refractivity contribution in [3.8, 4) is 0 Å². The number of nitrogens with zero attached hydrogens (tertiary/aromatic N) is 2. The Bertz CT molecular complexity index is 194. The molecule has 17 heavy (non-hydrogen) atoms. The quantitative estimate of drug-likeness (QED) is 0.654. The molecule has 1 heterocycles. The molecule has 0 saturated carbocycles. The highest BCUT2D eigenvalue weighted by Gasteiger charge is 2.23. The van der Waals surface area contributed by atoms with Crippen LogP contribution >= 0.6 is 0 Å². The molecule has 1 aliphatic rings. The van der Waals surface area contributed by atoms with E-state index in [1.54, 1.807) is 0 Å². The maximum Gasteiger partial charge on any atom is 0.0223 e. The van der Waals surface area contributed by atoms with Crippen molar-refractivity contribution in [1.82, 2.24) is 15.1 Å². The highest BCUT2D eigenvalue weighted by atomic mass is 15.2. The summed E-state index contributed by atoms with van der Waals surface area (Å²) in [6.07, 6.45) is 6.81. The molecule has 0 aromatic carbocycles. The zero-order chi connectivity index (χ0) is 12.7. The average Bonchev–Trinajstić information content (AvgIpc) is 2.70. The van der Waals surface area contributed by atoms with Crippen molar-refractivity contribution in [2.45, 2.75) is 51.1 Å². The van der Waals surface area contributed by atoms with Crippen LogP contribution in [0.25, 0.3) is 0 Å². The lowest BCUT2D eigenvalue weighted by Gasteiger charge is -2.27. The first kappa shape index (κ1) is 14.9. The average molecular weight is 241 g/mol. The minimum absolute atomic E-state index is 0.672. The molecule has 1 aliphatic heterocycles. The second kappa shape index (κ2) is 8.06. The van der Waals surface area contributed by atoms with Crippen molar-refractivity contribution in [2.24, 2.45) is 0 Å². The summed E-state index contributed by atoms with van der Waals surface area (Å²) in [5, 5.41) is 3.31. The maximum absolute atomic E-state index is 3.31. The molecule has 102 valence electrons. The predicted octanol–water partition coefficient (Wildman–Crippen LogP) is 1.79. The Labute approximate surface area is 108 Å². The molecule has 0 aromatic rings. The maximum atomic E-state index is 3.31. The van der Waals surface area contributed by atoms with Crippen molar-refractivity contribution >= 4 is 0 Å². The molecule has 0 spiro atoms. The number of nitrogens with one attached hydrogen (secondary N) is 1. The first-order valence-electron chi connectivity index (χ1n) is 7.19. The second-order valence-electron chi connectivity index (χ2n) is 5.78. The molecule has 0 bridgehead atoms. The van der Waals surface area contributed by atoms with Gasteiger partial charge in [0.15, 0.2) is 0 Å². The van der Waals surface area contributed by atoms with Crippen LogP contribution in [0.4, 0.5) is 0 Å². The first-order valence-corrected chi connectivity index (χ1v) is 7.19. The Hall–Kier alpha value is -0.120. The van der Waals surface area contributed by atoms with Crippen molar-refractivity contribution in [3.05, 3.63) is 0 Å². The number of rotatable bonds is 8. The van der Waals surface area contributed by atoms with E-state index in [1.807, 2.05) is 0 Å². The van der Waals surface area contributed by atoms with E-state index < -0.39 is 0 Å². The molecule has 1 N–H and O–H groups in total. The molecule has 1 saturated heterocycles. The van der Waals surface area contributed by atoms with E-state index in [0.717, 1.165) is 6.04 Å². The standard InChI is InChI=1S/C14H31N3/c1-13(15-2)8-5-6-10-17-11-7-9-14(17)12-16(3)4/h13-15H,5-12H2,1-4H3. The summed E-state index contributed by atoms with van der Waals surface area (Å²) in [5.74, 6) is 0. The van der Waals surface area contributed by atoms with Gasteiger partial charge in [-0.05, 0) is 66.8 Å². The Morgan fingerprint density at radius 2 is 2.12 bits per heavy atom. The summed E-state index contributed by atoms with van der Waals surface area (Å²) in [5.41, 5.74) is 0. The highest BCUT2D eigenvalue weighted by Crippen LogP contribution is 2.18. The minimum Gasteiger partial charge on any atom is -0.317 e. The third-order valence-corrected chi connectivity index (χ3v) is 3.90. The SMILES string of the molecule is CNC(C)CCCCN1CCCC1CN(C)C. The summed E-state index contributed by atoms with van der Waals surface area (Å²) < 4.78 is 0. The second-order valence-corrected chi connectivity index (χ2v) is 5.78. The Balaban J connectivity index is 2.13. The van der Waals surface area contributed by atoms with Crippen LogP contribution in [0.1, 0.15) is 39.0 Å². The molecule has 0 radical (unpaired) electrons. The number of unbranched alkanes of at least 4 members (excludes halogenated alkanes) is 1. The van der Waals surface area contributed by atoms with Crippen LogP contribution in [0.2, 0.25) is 0 Å². The van der Waals surface area contributed by atoms with E-state index in [9.17, 15) is 0 Å². The third kappa shape index (κ3) is 5.84. The van der Waals surface area contributed by atoms with Gasteiger partial charge in [0.25, 0.3) is 0 Å². The third-order valence-electron chi connectivity index (χ3n) is 3.90. The fraction of sp³-hybridized carbons (Fsp3) is 1.00. The topological polar surface area (TPSA) is 18.5 Å². The van der Waals surface area contributed by atoms with E-state index in [2.05, 4.69) is 43.2 Å². The van der Waals surface area contributed by atoms with Gasteiger partial charge in [-0.2, -0.15) is 0 Å². The van der Waals surface area contributed by atoms with Gasteiger partial charge in [0.2, 0.25) is 0 Å². The van der Waals surface area contributed by atoms with Crippen LogP contribution in [-0.2, 0) is 0 Å². The van der Waals surface area contributed by atoms with Gasteiger partial charge in [-0.15, -0.1) is 0 Å². The van der Waals surface area contributed by atoms with E-state index >= 15 is 0 Å². The summed E-state index contributed by atoms with van der Waals surface area (Å²) in [4.78, 5) is 5.02. The summed E-state index contributed by atoms with van der Waals surface area (Å²) in [6, 6.07) is 1.48. The smallest absolute Gasteiger partial charge is 0.0223 e. The van der Waals surface area contributed by atoms with E-state index in [-0.39, 0.29) is 0 Å². The number of hydrogen-bond donors (Lipinski definition) is 1. The van der Waals surface area contributed by atoms with Gasteiger partial charge < -0.3 is 10.2 Å². The summed E-state index contributed by atoms with van der Waals surface area (Å²) in [7, 11) is 6.43. The molecular weight excluding hydrogens is 210 g/mol. The van der Waals surface area contributed by atoms with Crippen molar-refractivity contribution in [3.63, 3.8) is 0 Å². The molecular formula is C14H31N3. The highest BCUT2D eigenvalue weighted by molar-refractivity contribution is 4.80. The number of hydrogen-bond acceptors (Lipinski definition) is 3. The fourth-order valence-corrected chi connectivity index (χ4v) is 2.73. The normalized spacial score (nSPS) is 23.5. The molecule has 0 aromatic heterocycles. The predicted molar refractivity (Wildman–Crippen MR) is 75.5 cm³/mol. The van der Waals surface area contributed by atoms with Gasteiger partial charge in [0, 0.05) is 18.6 Å². The molecule has 3 nitrogen and oxygen atoms in total. The molecule has 2 unspecified atom stereocenters. The lowest BCUT2D eigenvalue weighted by Crippen LogP contribution is -2.38. The van der Waals surface area contributed by atoms with Crippen LogP contribution in [0, 0.1) is 0 Å². The summed E-state index contributed by atoms with van der Waals surface area (Å²) in [6.45, 7) is 6.12. The number of likely N-dealkylation sites (N-methyl/N-ethyl adjacent to an activating group) is 1. The van der Waals surface area contributed by atoms with Gasteiger partial charge in [0.1, 0.15) is 0 Å². The van der Waals surface area contributed by atoms with Crippen molar-refractivity contribution in [1.29, 1.82) is 0 Å². The monoisotopic (exact) mass is 241 g/mol. The van der Waals surface area contributed by atoms with E-state index in [4.69, 9.17) is 0 Å². The lowest BCUT2D eigenvalue weighted by atomic mass is 10.1. The van der Waals surface area contributed by atoms with Gasteiger partial charge in [0.05, 0.1) is 0 Å². The van der Waals surface area contributed by atoms with Crippen LogP contribution in [-0.4, -0.2) is 62.7 Å². The Morgan fingerprint density at radius 1 is 1.35 bits per heavy atom. The molecule has 2 atom stereocenters.